The van der Waals surface area contributed by atoms with Crippen LogP contribution in [0, 0.1) is 5.41 Å². The van der Waals surface area contributed by atoms with Crippen LogP contribution in [0.4, 0.5) is 5.82 Å². The van der Waals surface area contributed by atoms with E-state index in [4.69, 9.17) is 10.9 Å². The normalized spacial score (nSPS) is 14.2. The summed E-state index contributed by atoms with van der Waals surface area (Å²) in [7, 11) is -3.70. The molecule has 1 aromatic heterocycles. The molecular weight excluding hydrogens is 264 g/mol. The molecule has 6 nitrogen and oxygen atoms in total. The summed E-state index contributed by atoms with van der Waals surface area (Å²) in [5.41, 5.74) is 5.63. The van der Waals surface area contributed by atoms with Crippen molar-refractivity contribution in [1.29, 1.82) is 0 Å². The Bertz CT molecular complexity index is 506. The Morgan fingerprint density at radius 3 is 2.37 bits per heavy atom. The van der Waals surface area contributed by atoms with Gasteiger partial charge in [0, 0.05) is 12.2 Å². The lowest BCUT2D eigenvalue weighted by atomic mass is 9.85. The highest BCUT2D eigenvalue weighted by Crippen LogP contribution is 2.24. The van der Waals surface area contributed by atoms with Crippen LogP contribution >= 0.6 is 0 Å². The molecule has 0 aliphatic rings. The lowest BCUT2D eigenvalue weighted by Gasteiger charge is -2.31. The minimum Gasteiger partial charge on any atom is -0.367 e. The van der Waals surface area contributed by atoms with E-state index in [1.54, 1.807) is 6.07 Å². The average molecular weight is 286 g/mol. The average Bonchev–Trinajstić information content (AvgIpc) is 2.26. The van der Waals surface area contributed by atoms with E-state index in [0.29, 0.717) is 12.4 Å². The summed E-state index contributed by atoms with van der Waals surface area (Å²) >= 11 is 0. The van der Waals surface area contributed by atoms with Gasteiger partial charge < -0.3 is 11.1 Å². The monoisotopic (exact) mass is 286 g/mol. The van der Waals surface area contributed by atoms with Crippen molar-refractivity contribution < 1.29 is 8.42 Å². The van der Waals surface area contributed by atoms with Crippen molar-refractivity contribution in [3.63, 3.8) is 0 Å². The molecule has 0 amide bonds. The second-order valence-electron chi connectivity index (χ2n) is 5.56. The molecule has 1 unspecified atom stereocenters. The molecule has 0 aliphatic carbocycles. The molecule has 0 radical (unpaired) electrons. The number of nitrogens with two attached hydrogens (primary N) is 2. The van der Waals surface area contributed by atoms with Crippen molar-refractivity contribution in [1.82, 2.24) is 4.98 Å². The maximum atomic E-state index is 11.1. The molecule has 1 aromatic rings. The molecule has 7 heteroatoms. The predicted octanol–water partition coefficient (Wildman–Crippen LogP) is 0.904. The predicted molar refractivity (Wildman–Crippen MR) is 76.1 cm³/mol. The standard InChI is InChI=1S/C12H22N4O2S/c1-12(2,3)10(6-7-13)16-11-5-4-9(8-15-11)19(14,17)18/h4-5,8,10H,6-7,13H2,1-3H3,(H,15,16)(H2,14,17,18). The fourth-order valence-corrected chi connectivity index (χ4v) is 2.16. The van der Waals surface area contributed by atoms with Gasteiger partial charge in [-0.3, -0.25) is 0 Å². The second kappa shape index (κ2) is 5.85. The summed E-state index contributed by atoms with van der Waals surface area (Å²) < 4.78 is 22.3. The van der Waals surface area contributed by atoms with Gasteiger partial charge in [0.05, 0.1) is 0 Å². The molecule has 0 spiro atoms. The zero-order valence-corrected chi connectivity index (χ0v) is 12.4. The SMILES string of the molecule is CC(C)(C)C(CCN)Nc1ccc(S(N)(=O)=O)cn1. The molecule has 0 saturated heterocycles. The summed E-state index contributed by atoms with van der Waals surface area (Å²) in [6, 6.07) is 3.20. The quantitative estimate of drug-likeness (QED) is 0.745. The van der Waals surface area contributed by atoms with Gasteiger partial charge in [0.2, 0.25) is 10.0 Å². The van der Waals surface area contributed by atoms with E-state index in [0.717, 1.165) is 6.42 Å². The van der Waals surface area contributed by atoms with Crippen LogP contribution in [0.1, 0.15) is 27.2 Å². The minimum atomic E-state index is -3.70. The molecular formula is C12H22N4O2S. The van der Waals surface area contributed by atoms with E-state index in [2.05, 4.69) is 31.1 Å². The summed E-state index contributed by atoms with van der Waals surface area (Å²) in [6.07, 6.45) is 2.06. The van der Waals surface area contributed by atoms with Gasteiger partial charge in [0.25, 0.3) is 0 Å². The summed E-state index contributed by atoms with van der Waals surface area (Å²) in [4.78, 5) is 4.07. The van der Waals surface area contributed by atoms with E-state index >= 15 is 0 Å². The number of primary sulfonamides is 1. The van der Waals surface area contributed by atoms with Crippen molar-refractivity contribution >= 4 is 15.8 Å². The highest BCUT2D eigenvalue weighted by molar-refractivity contribution is 7.89. The van der Waals surface area contributed by atoms with Crippen LogP contribution in [-0.4, -0.2) is 26.0 Å². The number of rotatable bonds is 5. The number of aromatic nitrogens is 1. The smallest absolute Gasteiger partial charge is 0.239 e. The third-order valence-electron chi connectivity index (χ3n) is 2.89. The van der Waals surface area contributed by atoms with Crippen LogP contribution in [0.25, 0.3) is 0 Å². The fraction of sp³-hybridized carbons (Fsp3) is 0.583. The Morgan fingerprint density at radius 2 is 2.00 bits per heavy atom. The maximum Gasteiger partial charge on any atom is 0.239 e. The first-order valence-corrected chi connectivity index (χ1v) is 7.64. The maximum absolute atomic E-state index is 11.1. The van der Waals surface area contributed by atoms with Crippen molar-refractivity contribution in [2.45, 2.75) is 38.1 Å². The third-order valence-corrected chi connectivity index (χ3v) is 3.79. The van der Waals surface area contributed by atoms with Crippen LogP contribution in [0.2, 0.25) is 0 Å². The van der Waals surface area contributed by atoms with Crippen molar-refractivity contribution in [3.8, 4) is 0 Å². The van der Waals surface area contributed by atoms with Gasteiger partial charge in [0.1, 0.15) is 10.7 Å². The Kier molecular flexibility index (Phi) is 4.89. The van der Waals surface area contributed by atoms with Crippen molar-refractivity contribution in [3.05, 3.63) is 18.3 Å². The zero-order chi connectivity index (χ0) is 14.7. The molecule has 0 saturated carbocycles. The van der Waals surface area contributed by atoms with Gasteiger partial charge in [-0.25, -0.2) is 18.5 Å². The van der Waals surface area contributed by atoms with Gasteiger partial charge in [-0.2, -0.15) is 0 Å². The summed E-state index contributed by atoms with van der Waals surface area (Å²) in [5.74, 6) is 0.612. The lowest BCUT2D eigenvalue weighted by Crippen LogP contribution is -2.36. The summed E-state index contributed by atoms with van der Waals surface area (Å²) in [6.45, 7) is 6.90. The van der Waals surface area contributed by atoms with Crippen LogP contribution in [-0.2, 0) is 10.0 Å². The topological polar surface area (TPSA) is 111 Å². The van der Waals surface area contributed by atoms with Gasteiger partial charge in [-0.05, 0) is 30.5 Å². The van der Waals surface area contributed by atoms with Gasteiger partial charge in [0.15, 0.2) is 0 Å². The van der Waals surface area contributed by atoms with Crippen molar-refractivity contribution in [2.24, 2.45) is 16.3 Å². The first kappa shape index (κ1) is 15.9. The third kappa shape index (κ3) is 4.77. The number of hydrogen-bond donors (Lipinski definition) is 3. The highest BCUT2D eigenvalue weighted by Gasteiger charge is 2.24. The largest absolute Gasteiger partial charge is 0.367 e. The fourth-order valence-electron chi connectivity index (χ4n) is 1.70. The Hall–Kier alpha value is -1.18. The molecule has 108 valence electrons. The summed E-state index contributed by atoms with van der Waals surface area (Å²) in [5, 5.41) is 8.29. The number of hydrogen-bond acceptors (Lipinski definition) is 5. The second-order valence-corrected chi connectivity index (χ2v) is 7.13. The zero-order valence-electron chi connectivity index (χ0n) is 11.6. The molecule has 5 N–H and O–H groups in total. The number of pyridine rings is 1. The number of sulfonamides is 1. The van der Waals surface area contributed by atoms with Crippen LogP contribution < -0.4 is 16.2 Å². The van der Waals surface area contributed by atoms with E-state index < -0.39 is 10.0 Å². The van der Waals surface area contributed by atoms with Gasteiger partial charge in [-0.15, -0.1) is 0 Å². The molecule has 0 aromatic carbocycles. The van der Waals surface area contributed by atoms with Gasteiger partial charge >= 0.3 is 0 Å². The molecule has 1 rings (SSSR count). The highest BCUT2D eigenvalue weighted by atomic mass is 32.2. The van der Waals surface area contributed by atoms with E-state index in [1.165, 1.54) is 12.3 Å². The van der Waals surface area contributed by atoms with Crippen molar-refractivity contribution in [2.75, 3.05) is 11.9 Å². The lowest BCUT2D eigenvalue weighted by molar-refractivity contribution is 0.328. The molecule has 0 aliphatic heterocycles. The van der Waals surface area contributed by atoms with E-state index in [9.17, 15) is 8.42 Å². The molecule has 19 heavy (non-hydrogen) atoms. The molecule has 1 heterocycles. The Morgan fingerprint density at radius 1 is 1.37 bits per heavy atom. The molecule has 0 fully saturated rings. The van der Waals surface area contributed by atoms with E-state index in [1.807, 2.05) is 0 Å². The van der Waals surface area contributed by atoms with Crippen LogP contribution in [0.3, 0.4) is 0 Å². The number of nitrogens with one attached hydrogen (secondary N) is 1. The first-order valence-electron chi connectivity index (χ1n) is 6.10. The number of anilines is 1. The molecule has 1 atom stereocenters. The first-order chi connectivity index (χ1) is 8.64. The van der Waals surface area contributed by atoms with Gasteiger partial charge in [-0.1, -0.05) is 20.8 Å². The van der Waals surface area contributed by atoms with Crippen LogP contribution in [0.5, 0.6) is 0 Å². The molecule has 0 bridgehead atoms. The van der Waals surface area contributed by atoms with E-state index in [-0.39, 0.29) is 16.4 Å². The minimum absolute atomic E-state index is 0.00387. The number of nitrogens with zero attached hydrogens (tertiary/aromatic N) is 1. The Balaban J connectivity index is 2.87. The van der Waals surface area contributed by atoms with Crippen LogP contribution in [0.15, 0.2) is 23.2 Å². The Labute approximate surface area is 114 Å².